The highest BCUT2D eigenvalue weighted by Gasteiger charge is 2.12. The van der Waals surface area contributed by atoms with Gasteiger partial charge >= 0.3 is 0 Å². The molecule has 2 rings (SSSR count). The number of hydrogen-bond acceptors (Lipinski definition) is 3. The Morgan fingerprint density at radius 3 is 2.26 bits per heavy atom. The van der Waals surface area contributed by atoms with Crippen LogP contribution in [0, 0.1) is 0 Å². The first-order chi connectivity index (χ1) is 9.31. The summed E-state index contributed by atoms with van der Waals surface area (Å²) >= 11 is 1.83. The molecule has 0 radical (unpaired) electrons. The van der Waals surface area contributed by atoms with E-state index in [2.05, 4.69) is 35.8 Å². The number of phenols is 1. The Morgan fingerprint density at radius 1 is 1.00 bits per heavy atom. The molecule has 0 fully saturated rings. The van der Waals surface area contributed by atoms with Crippen molar-refractivity contribution in [3.63, 3.8) is 0 Å². The van der Waals surface area contributed by atoms with Gasteiger partial charge in [-0.1, -0.05) is 42.5 Å². The minimum Gasteiger partial charge on any atom is -0.508 e. The van der Waals surface area contributed by atoms with Crippen LogP contribution in [0.25, 0.3) is 0 Å². The zero-order valence-electron chi connectivity index (χ0n) is 11.0. The van der Waals surface area contributed by atoms with E-state index < -0.39 is 0 Å². The summed E-state index contributed by atoms with van der Waals surface area (Å²) in [6, 6.07) is 18.0. The van der Waals surface area contributed by atoms with Gasteiger partial charge < -0.3 is 10.4 Å². The van der Waals surface area contributed by atoms with Crippen molar-refractivity contribution in [1.29, 1.82) is 0 Å². The van der Waals surface area contributed by atoms with Crippen LogP contribution in [0.5, 0.6) is 5.75 Å². The molecule has 0 aromatic heterocycles. The van der Waals surface area contributed by atoms with Crippen molar-refractivity contribution in [2.75, 3.05) is 18.6 Å². The van der Waals surface area contributed by atoms with E-state index in [-0.39, 0.29) is 6.04 Å². The molecule has 0 saturated carbocycles. The van der Waals surface area contributed by atoms with Gasteiger partial charge in [-0.05, 0) is 29.5 Å². The number of aromatic hydroxyl groups is 1. The van der Waals surface area contributed by atoms with E-state index in [4.69, 9.17) is 0 Å². The average Bonchev–Trinajstić information content (AvgIpc) is 2.46. The van der Waals surface area contributed by atoms with Gasteiger partial charge in [0.25, 0.3) is 0 Å². The SMILES string of the molecule is CSCCNC(c1ccccc1)c1ccc(O)cc1. The summed E-state index contributed by atoms with van der Waals surface area (Å²) in [4.78, 5) is 0. The maximum atomic E-state index is 9.40. The fourth-order valence-corrected chi connectivity index (χ4v) is 2.37. The molecule has 1 atom stereocenters. The van der Waals surface area contributed by atoms with E-state index in [9.17, 15) is 5.11 Å². The molecule has 100 valence electrons. The van der Waals surface area contributed by atoms with Crippen LogP contribution >= 0.6 is 11.8 Å². The summed E-state index contributed by atoms with van der Waals surface area (Å²) in [6.45, 7) is 0.960. The highest BCUT2D eigenvalue weighted by molar-refractivity contribution is 7.98. The molecule has 0 aliphatic rings. The molecule has 2 N–H and O–H groups in total. The summed E-state index contributed by atoms with van der Waals surface area (Å²) in [7, 11) is 0. The Kier molecular flexibility index (Phi) is 5.31. The van der Waals surface area contributed by atoms with Gasteiger partial charge in [0.05, 0.1) is 6.04 Å². The lowest BCUT2D eigenvalue weighted by molar-refractivity contribution is 0.474. The van der Waals surface area contributed by atoms with Crippen LogP contribution < -0.4 is 5.32 Å². The molecule has 2 aromatic rings. The molecule has 1 unspecified atom stereocenters. The Morgan fingerprint density at radius 2 is 1.63 bits per heavy atom. The van der Waals surface area contributed by atoms with E-state index >= 15 is 0 Å². The summed E-state index contributed by atoms with van der Waals surface area (Å²) in [5, 5.41) is 13.0. The lowest BCUT2D eigenvalue weighted by atomic mass is 9.98. The van der Waals surface area contributed by atoms with Crippen molar-refractivity contribution in [2.45, 2.75) is 6.04 Å². The largest absolute Gasteiger partial charge is 0.508 e. The first-order valence-corrected chi connectivity index (χ1v) is 7.77. The molecule has 19 heavy (non-hydrogen) atoms. The fraction of sp³-hybridized carbons (Fsp3) is 0.250. The van der Waals surface area contributed by atoms with E-state index in [1.807, 2.05) is 30.0 Å². The van der Waals surface area contributed by atoms with Crippen LogP contribution in [0.1, 0.15) is 17.2 Å². The average molecular weight is 273 g/mol. The van der Waals surface area contributed by atoms with Crippen molar-refractivity contribution in [3.8, 4) is 5.75 Å². The fourth-order valence-electron chi connectivity index (χ4n) is 2.05. The van der Waals surface area contributed by atoms with Gasteiger partial charge in [0.1, 0.15) is 5.75 Å². The zero-order chi connectivity index (χ0) is 13.5. The van der Waals surface area contributed by atoms with E-state index in [1.54, 1.807) is 12.1 Å². The quantitative estimate of drug-likeness (QED) is 0.791. The highest BCUT2D eigenvalue weighted by Crippen LogP contribution is 2.23. The van der Waals surface area contributed by atoms with Crippen molar-refractivity contribution < 1.29 is 5.11 Å². The molecule has 2 nitrogen and oxygen atoms in total. The number of nitrogens with one attached hydrogen (secondary N) is 1. The third kappa shape index (κ3) is 4.01. The second-order valence-corrected chi connectivity index (χ2v) is 5.37. The minimum atomic E-state index is 0.175. The molecule has 0 bridgehead atoms. The van der Waals surface area contributed by atoms with Crippen molar-refractivity contribution >= 4 is 11.8 Å². The molecule has 0 spiro atoms. The van der Waals surface area contributed by atoms with Gasteiger partial charge in [-0.15, -0.1) is 0 Å². The van der Waals surface area contributed by atoms with E-state index in [0.717, 1.165) is 12.3 Å². The van der Waals surface area contributed by atoms with Crippen LogP contribution in [0.15, 0.2) is 54.6 Å². The molecule has 0 aliphatic carbocycles. The molecule has 0 amide bonds. The first-order valence-electron chi connectivity index (χ1n) is 6.37. The predicted molar refractivity (Wildman–Crippen MR) is 82.8 cm³/mol. The maximum Gasteiger partial charge on any atom is 0.115 e. The van der Waals surface area contributed by atoms with Gasteiger partial charge in [-0.25, -0.2) is 0 Å². The van der Waals surface area contributed by atoms with E-state index in [1.165, 1.54) is 11.1 Å². The van der Waals surface area contributed by atoms with E-state index in [0.29, 0.717) is 5.75 Å². The van der Waals surface area contributed by atoms with Gasteiger partial charge in [0.15, 0.2) is 0 Å². The normalized spacial score (nSPS) is 12.3. The van der Waals surface area contributed by atoms with Gasteiger partial charge in [-0.3, -0.25) is 0 Å². The van der Waals surface area contributed by atoms with Gasteiger partial charge in [0, 0.05) is 12.3 Å². The van der Waals surface area contributed by atoms with Gasteiger partial charge in [-0.2, -0.15) is 11.8 Å². The number of rotatable bonds is 6. The predicted octanol–water partition coefficient (Wildman–Crippen LogP) is 3.43. The molecule has 2 aromatic carbocycles. The Labute approximate surface area is 118 Å². The lowest BCUT2D eigenvalue weighted by Crippen LogP contribution is -2.24. The number of hydrogen-bond donors (Lipinski definition) is 2. The maximum absolute atomic E-state index is 9.40. The summed E-state index contributed by atoms with van der Waals surface area (Å²) in [6.07, 6.45) is 2.11. The van der Waals surface area contributed by atoms with Crippen molar-refractivity contribution in [3.05, 3.63) is 65.7 Å². The third-order valence-corrected chi connectivity index (χ3v) is 3.63. The van der Waals surface area contributed by atoms with Crippen LogP contribution in [-0.2, 0) is 0 Å². The topological polar surface area (TPSA) is 32.3 Å². The molecule has 0 heterocycles. The number of thioether (sulfide) groups is 1. The molecular formula is C16H19NOS. The Hall–Kier alpha value is -1.45. The lowest BCUT2D eigenvalue weighted by Gasteiger charge is -2.19. The smallest absolute Gasteiger partial charge is 0.115 e. The van der Waals surface area contributed by atoms with Crippen LogP contribution in [0.2, 0.25) is 0 Å². The van der Waals surface area contributed by atoms with Crippen LogP contribution in [0.4, 0.5) is 0 Å². The zero-order valence-corrected chi connectivity index (χ0v) is 11.9. The van der Waals surface area contributed by atoms with Crippen LogP contribution in [0.3, 0.4) is 0 Å². The summed E-state index contributed by atoms with van der Waals surface area (Å²) < 4.78 is 0. The van der Waals surface area contributed by atoms with Gasteiger partial charge in [0.2, 0.25) is 0 Å². The summed E-state index contributed by atoms with van der Waals surface area (Å²) in [5.74, 6) is 1.39. The summed E-state index contributed by atoms with van der Waals surface area (Å²) in [5.41, 5.74) is 2.42. The first kappa shape index (κ1) is 14.0. The standard InChI is InChI=1S/C16H19NOS/c1-19-12-11-17-16(13-5-3-2-4-6-13)14-7-9-15(18)10-8-14/h2-10,16-18H,11-12H2,1H3. The number of benzene rings is 2. The second kappa shape index (κ2) is 7.22. The Balaban J connectivity index is 2.21. The van der Waals surface area contributed by atoms with Crippen molar-refractivity contribution in [1.82, 2.24) is 5.32 Å². The molecule has 3 heteroatoms. The third-order valence-electron chi connectivity index (χ3n) is 3.01. The molecular weight excluding hydrogens is 254 g/mol. The number of phenolic OH excluding ortho intramolecular Hbond substituents is 1. The molecule has 0 saturated heterocycles. The molecule has 0 aliphatic heterocycles. The Bertz CT molecular complexity index is 484. The minimum absolute atomic E-state index is 0.175. The van der Waals surface area contributed by atoms with Crippen molar-refractivity contribution in [2.24, 2.45) is 0 Å². The second-order valence-electron chi connectivity index (χ2n) is 4.38. The highest BCUT2D eigenvalue weighted by atomic mass is 32.2. The van der Waals surface area contributed by atoms with Crippen LogP contribution in [-0.4, -0.2) is 23.7 Å². The monoisotopic (exact) mass is 273 g/mol.